The van der Waals surface area contributed by atoms with Gasteiger partial charge in [0.05, 0.1) is 5.69 Å². The Morgan fingerprint density at radius 3 is 3.00 bits per heavy atom. The Morgan fingerprint density at radius 2 is 2.13 bits per heavy atom. The smallest absolute Gasteiger partial charge is 0.178 e. The van der Waals surface area contributed by atoms with Crippen LogP contribution < -0.4 is 5.32 Å². The van der Waals surface area contributed by atoms with Crippen LogP contribution in [0, 0.1) is 0 Å². The third kappa shape index (κ3) is 1.49. The molecule has 0 saturated heterocycles. The van der Waals surface area contributed by atoms with Gasteiger partial charge in [-0.2, -0.15) is 0 Å². The van der Waals surface area contributed by atoms with E-state index in [4.69, 9.17) is 0 Å². The lowest BCUT2D eigenvalue weighted by atomic mass is 10.2. The lowest BCUT2D eigenvalue weighted by molar-refractivity contribution is 0.758. The molecule has 3 rings (SSSR count). The quantitative estimate of drug-likeness (QED) is 0.746. The van der Waals surface area contributed by atoms with Crippen molar-refractivity contribution in [2.75, 3.05) is 0 Å². The second kappa shape index (κ2) is 3.40. The second-order valence-electron chi connectivity index (χ2n) is 3.48. The number of hydrogen-bond donors (Lipinski definition) is 1. The normalized spacial score (nSPS) is 13.9. The molecule has 0 radical (unpaired) electrons. The Kier molecular flexibility index (Phi) is 1.93. The summed E-state index contributed by atoms with van der Waals surface area (Å²) in [6, 6.07) is 5.75. The maximum absolute atomic E-state index is 4.49. The number of nitrogens with zero attached hydrogens (tertiary/aromatic N) is 3. The van der Waals surface area contributed by atoms with E-state index >= 15 is 0 Å². The van der Waals surface area contributed by atoms with E-state index in [-0.39, 0.29) is 0 Å². The van der Waals surface area contributed by atoms with Crippen LogP contribution in [-0.2, 0) is 13.1 Å². The van der Waals surface area contributed by atoms with Gasteiger partial charge < -0.3 is 5.32 Å². The van der Waals surface area contributed by atoms with Crippen LogP contribution in [0.25, 0.3) is 11.5 Å². The molecule has 15 heavy (non-hydrogen) atoms. The number of rotatable bonds is 1. The summed E-state index contributed by atoms with van der Waals surface area (Å²) in [6.45, 7) is 1.70. The van der Waals surface area contributed by atoms with Crippen LogP contribution in [0.1, 0.15) is 11.3 Å². The highest BCUT2D eigenvalue weighted by molar-refractivity contribution is 5.49. The molecule has 2 aromatic rings. The fourth-order valence-electron chi connectivity index (χ4n) is 1.68. The molecule has 0 aliphatic carbocycles. The molecule has 4 heteroatoms. The minimum Gasteiger partial charge on any atom is -0.307 e. The van der Waals surface area contributed by atoms with Crippen LogP contribution in [0.15, 0.2) is 30.6 Å². The molecule has 3 heterocycles. The largest absolute Gasteiger partial charge is 0.307 e. The minimum atomic E-state index is 0.707. The van der Waals surface area contributed by atoms with E-state index in [1.807, 2.05) is 24.4 Å². The van der Waals surface area contributed by atoms with Gasteiger partial charge in [0.25, 0.3) is 0 Å². The highest BCUT2D eigenvalue weighted by Gasteiger charge is 2.13. The minimum absolute atomic E-state index is 0.707. The zero-order valence-corrected chi connectivity index (χ0v) is 8.14. The van der Waals surface area contributed by atoms with E-state index in [9.17, 15) is 0 Å². The Hall–Kier alpha value is -1.81. The molecule has 1 aliphatic heterocycles. The number of pyridine rings is 1. The fraction of sp³-hybridized carbons (Fsp3) is 0.182. The average Bonchev–Trinajstić information content (AvgIpc) is 2.77. The fourth-order valence-corrected chi connectivity index (χ4v) is 1.68. The third-order valence-electron chi connectivity index (χ3n) is 2.46. The molecule has 1 aliphatic rings. The standard InChI is InChI=1S/C11H10N4/c1-2-4-13-9(3-1)11-14-6-8-5-12-7-10(8)15-11/h1-4,6,12H,5,7H2. The van der Waals surface area contributed by atoms with Crippen molar-refractivity contribution >= 4 is 0 Å². The van der Waals surface area contributed by atoms with Crippen molar-refractivity contribution in [1.82, 2.24) is 20.3 Å². The van der Waals surface area contributed by atoms with E-state index in [1.54, 1.807) is 6.20 Å². The highest BCUT2D eigenvalue weighted by atomic mass is 15.0. The van der Waals surface area contributed by atoms with Crippen LogP contribution in [0.4, 0.5) is 0 Å². The predicted molar refractivity (Wildman–Crippen MR) is 55.8 cm³/mol. The third-order valence-corrected chi connectivity index (χ3v) is 2.46. The first-order chi connectivity index (χ1) is 7.43. The van der Waals surface area contributed by atoms with Crippen molar-refractivity contribution in [2.45, 2.75) is 13.1 Å². The lowest BCUT2D eigenvalue weighted by Crippen LogP contribution is -2.00. The average molecular weight is 198 g/mol. The van der Waals surface area contributed by atoms with E-state index in [0.717, 1.165) is 24.5 Å². The molecule has 74 valence electrons. The summed E-state index contributed by atoms with van der Waals surface area (Å²) in [7, 11) is 0. The maximum Gasteiger partial charge on any atom is 0.178 e. The van der Waals surface area contributed by atoms with Crippen molar-refractivity contribution in [3.63, 3.8) is 0 Å². The van der Waals surface area contributed by atoms with E-state index in [1.165, 1.54) is 5.56 Å². The zero-order chi connectivity index (χ0) is 10.1. The van der Waals surface area contributed by atoms with E-state index < -0.39 is 0 Å². The topological polar surface area (TPSA) is 50.7 Å². The van der Waals surface area contributed by atoms with Crippen molar-refractivity contribution in [2.24, 2.45) is 0 Å². The lowest BCUT2D eigenvalue weighted by Gasteiger charge is -2.00. The van der Waals surface area contributed by atoms with Crippen molar-refractivity contribution in [3.05, 3.63) is 41.9 Å². The van der Waals surface area contributed by atoms with Gasteiger partial charge in [-0.3, -0.25) is 4.98 Å². The molecule has 2 aromatic heterocycles. The SMILES string of the molecule is c1ccc(-c2ncc3c(n2)CNC3)nc1. The van der Waals surface area contributed by atoms with E-state index in [0.29, 0.717) is 5.82 Å². The molecular weight excluding hydrogens is 188 g/mol. The summed E-state index contributed by atoms with van der Waals surface area (Å²) in [5, 5.41) is 3.24. The van der Waals surface area contributed by atoms with Gasteiger partial charge in [-0.25, -0.2) is 9.97 Å². The highest BCUT2D eigenvalue weighted by Crippen LogP contribution is 2.16. The van der Waals surface area contributed by atoms with Crippen LogP contribution >= 0.6 is 0 Å². The summed E-state index contributed by atoms with van der Waals surface area (Å²) in [5.41, 5.74) is 3.10. The monoisotopic (exact) mass is 198 g/mol. The first-order valence-corrected chi connectivity index (χ1v) is 4.90. The first-order valence-electron chi connectivity index (χ1n) is 4.90. The van der Waals surface area contributed by atoms with Crippen molar-refractivity contribution < 1.29 is 0 Å². The number of aromatic nitrogens is 3. The summed E-state index contributed by atoms with van der Waals surface area (Å²) in [6.07, 6.45) is 3.64. The summed E-state index contributed by atoms with van der Waals surface area (Å²) in [4.78, 5) is 13.0. The molecule has 0 amide bonds. The molecule has 0 atom stereocenters. The first kappa shape index (κ1) is 8.49. The predicted octanol–water partition coefficient (Wildman–Crippen LogP) is 1.14. The van der Waals surface area contributed by atoms with Crippen LogP contribution in [0.5, 0.6) is 0 Å². The second-order valence-corrected chi connectivity index (χ2v) is 3.48. The number of hydrogen-bond acceptors (Lipinski definition) is 4. The molecule has 1 N–H and O–H groups in total. The molecule has 0 unspecified atom stereocenters. The van der Waals surface area contributed by atoms with Gasteiger partial charge in [0.2, 0.25) is 0 Å². The van der Waals surface area contributed by atoms with Crippen molar-refractivity contribution in [1.29, 1.82) is 0 Å². The van der Waals surface area contributed by atoms with Gasteiger partial charge in [0.1, 0.15) is 5.69 Å². The molecule has 4 nitrogen and oxygen atoms in total. The maximum atomic E-state index is 4.49. The molecule has 0 bridgehead atoms. The van der Waals surface area contributed by atoms with Crippen LogP contribution in [0.3, 0.4) is 0 Å². The van der Waals surface area contributed by atoms with Gasteiger partial charge in [-0.05, 0) is 12.1 Å². The molecule has 0 saturated carbocycles. The zero-order valence-electron chi connectivity index (χ0n) is 8.14. The Labute approximate surface area is 87.4 Å². The van der Waals surface area contributed by atoms with Gasteiger partial charge in [-0.1, -0.05) is 6.07 Å². The van der Waals surface area contributed by atoms with Gasteiger partial charge >= 0.3 is 0 Å². The molecule has 0 spiro atoms. The summed E-state index contributed by atoms with van der Waals surface area (Å²) < 4.78 is 0. The summed E-state index contributed by atoms with van der Waals surface area (Å²) >= 11 is 0. The van der Waals surface area contributed by atoms with Gasteiger partial charge in [-0.15, -0.1) is 0 Å². The number of fused-ring (bicyclic) bond motifs is 1. The molecule has 0 aromatic carbocycles. The number of nitrogens with one attached hydrogen (secondary N) is 1. The van der Waals surface area contributed by atoms with Crippen LogP contribution in [0.2, 0.25) is 0 Å². The van der Waals surface area contributed by atoms with E-state index in [2.05, 4.69) is 20.3 Å². The Balaban J connectivity index is 2.07. The van der Waals surface area contributed by atoms with Gasteiger partial charge in [0, 0.05) is 31.0 Å². The molecule has 0 fully saturated rings. The van der Waals surface area contributed by atoms with Crippen LogP contribution in [-0.4, -0.2) is 15.0 Å². The Bertz CT molecular complexity index is 481. The van der Waals surface area contributed by atoms with Gasteiger partial charge in [0.15, 0.2) is 5.82 Å². The summed E-state index contributed by atoms with van der Waals surface area (Å²) in [5.74, 6) is 0.707. The Morgan fingerprint density at radius 1 is 1.13 bits per heavy atom. The molecular formula is C11H10N4. The van der Waals surface area contributed by atoms with Crippen molar-refractivity contribution in [3.8, 4) is 11.5 Å².